The molecule has 14 heavy (non-hydrogen) atoms. The third-order valence-corrected chi connectivity index (χ3v) is 3.48. The highest BCUT2D eigenvalue weighted by Gasteiger charge is 2.01. The van der Waals surface area contributed by atoms with Gasteiger partial charge in [0.15, 0.2) is 0 Å². The summed E-state index contributed by atoms with van der Waals surface area (Å²) in [7, 11) is 0. The normalized spacial score (nSPS) is 9.57. The van der Waals surface area contributed by atoms with Crippen molar-refractivity contribution in [2.24, 2.45) is 4.99 Å². The minimum Gasteiger partial charge on any atom is -0.211 e. The molecule has 74 valence electrons. The van der Waals surface area contributed by atoms with Gasteiger partial charge >= 0.3 is 0 Å². The largest absolute Gasteiger partial charge is 0.235 e. The Morgan fingerprint density at radius 3 is 2.57 bits per heavy atom. The molecule has 0 spiro atoms. The van der Waals surface area contributed by atoms with Gasteiger partial charge in [-0.3, -0.25) is 0 Å². The molecule has 0 heterocycles. The second-order valence-corrected chi connectivity index (χ2v) is 4.29. The summed E-state index contributed by atoms with van der Waals surface area (Å²) in [5.74, 6) is 0. The van der Waals surface area contributed by atoms with Crippen LogP contribution >= 0.6 is 23.5 Å². The van der Waals surface area contributed by atoms with Gasteiger partial charge in [0.05, 0.1) is 6.54 Å². The van der Waals surface area contributed by atoms with Crippen LogP contribution in [-0.2, 0) is 11.3 Å². The maximum absolute atomic E-state index is 9.95. The van der Waals surface area contributed by atoms with Crippen LogP contribution in [0.1, 0.15) is 5.56 Å². The van der Waals surface area contributed by atoms with E-state index in [4.69, 9.17) is 0 Å². The molecule has 0 radical (unpaired) electrons. The second kappa shape index (κ2) is 5.91. The van der Waals surface area contributed by atoms with Crippen molar-refractivity contribution >= 4 is 29.6 Å². The molecule has 0 aliphatic heterocycles. The summed E-state index contributed by atoms with van der Waals surface area (Å²) in [5.41, 5.74) is 1.05. The first-order valence-corrected chi connectivity index (χ1v) is 6.51. The molecule has 0 amide bonds. The maximum atomic E-state index is 9.95. The molecule has 1 rings (SSSR count). The fourth-order valence-electron chi connectivity index (χ4n) is 1.10. The number of aliphatic imine (C=N–C) groups is 1. The Hall–Kier alpha value is -0.700. The fraction of sp³-hybridized carbons (Fsp3) is 0.300. The van der Waals surface area contributed by atoms with Gasteiger partial charge in [-0.25, -0.2) is 9.79 Å². The number of hydrogen-bond donors (Lipinski definition) is 0. The third kappa shape index (κ3) is 2.91. The summed E-state index contributed by atoms with van der Waals surface area (Å²) in [6.07, 6.45) is 5.64. The van der Waals surface area contributed by atoms with Gasteiger partial charge in [-0.2, -0.15) is 0 Å². The molecular weight excluding hydrogens is 214 g/mol. The lowest BCUT2D eigenvalue weighted by Crippen LogP contribution is -1.84. The topological polar surface area (TPSA) is 29.4 Å². The van der Waals surface area contributed by atoms with Gasteiger partial charge in [0.1, 0.15) is 0 Å². The smallest absolute Gasteiger partial charge is 0.211 e. The molecule has 4 heteroatoms. The van der Waals surface area contributed by atoms with Crippen LogP contribution in [0.3, 0.4) is 0 Å². The minimum absolute atomic E-state index is 0.422. The number of isocyanates is 1. The number of thioether (sulfide) groups is 2. The zero-order valence-corrected chi connectivity index (χ0v) is 9.74. The van der Waals surface area contributed by atoms with E-state index in [0.717, 1.165) is 5.56 Å². The number of nitrogens with zero attached hydrogens (tertiary/aromatic N) is 1. The van der Waals surface area contributed by atoms with Crippen molar-refractivity contribution in [1.82, 2.24) is 0 Å². The first-order valence-electron chi connectivity index (χ1n) is 4.06. The van der Waals surface area contributed by atoms with Gasteiger partial charge in [-0.1, -0.05) is 6.07 Å². The highest BCUT2D eigenvalue weighted by Crippen LogP contribution is 2.28. The monoisotopic (exact) mass is 225 g/mol. The number of benzene rings is 1. The second-order valence-electron chi connectivity index (χ2n) is 2.60. The van der Waals surface area contributed by atoms with Gasteiger partial charge in [-0.05, 0) is 30.2 Å². The number of carbonyl (C=O) groups excluding carboxylic acids is 1. The van der Waals surface area contributed by atoms with E-state index in [0.29, 0.717) is 6.54 Å². The molecule has 0 saturated heterocycles. The van der Waals surface area contributed by atoms with Crippen molar-refractivity contribution in [3.05, 3.63) is 23.8 Å². The van der Waals surface area contributed by atoms with Crippen LogP contribution in [0.2, 0.25) is 0 Å². The Morgan fingerprint density at radius 2 is 2.00 bits per heavy atom. The Balaban J connectivity index is 2.94. The van der Waals surface area contributed by atoms with Crippen molar-refractivity contribution in [3.63, 3.8) is 0 Å². The highest BCUT2D eigenvalue weighted by molar-refractivity contribution is 8.01. The molecular formula is C10H11NOS2. The van der Waals surface area contributed by atoms with Crippen LogP contribution in [0.5, 0.6) is 0 Å². The summed E-state index contributed by atoms with van der Waals surface area (Å²) in [4.78, 5) is 16.0. The molecule has 0 N–H and O–H groups in total. The van der Waals surface area contributed by atoms with E-state index < -0.39 is 0 Å². The van der Waals surface area contributed by atoms with E-state index in [1.54, 1.807) is 29.6 Å². The van der Waals surface area contributed by atoms with Crippen molar-refractivity contribution < 1.29 is 4.79 Å². The predicted molar refractivity (Wildman–Crippen MR) is 61.8 cm³/mol. The van der Waals surface area contributed by atoms with Gasteiger partial charge in [0.25, 0.3) is 0 Å². The van der Waals surface area contributed by atoms with E-state index in [-0.39, 0.29) is 0 Å². The molecule has 0 bridgehead atoms. The van der Waals surface area contributed by atoms with Gasteiger partial charge in [0, 0.05) is 9.79 Å². The van der Waals surface area contributed by atoms with Crippen molar-refractivity contribution in [2.45, 2.75) is 16.3 Å². The first kappa shape index (κ1) is 11.4. The van der Waals surface area contributed by atoms with Crippen LogP contribution in [0.15, 0.2) is 33.0 Å². The lowest BCUT2D eigenvalue weighted by molar-refractivity contribution is 0.563. The lowest BCUT2D eigenvalue weighted by Gasteiger charge is -2.05. The zero-order valence-electron chi connectivity index (χ0n) is 8.11. The van der Waals surface area contributed by atoms with E-state index in [9.17, 15) is 4.79 Å². The summed E-state index contributed by atoms with van der Waals surface area (Å²) in [5, 5.41) is 0. The molecule has 0 saturated carbocycles. The summed E-state index contributed by atoms with van der Waals surface area (Å²) >= 11 is 3.43. The van der Waals surface area contributed by atoms with Crippen LogP contribution in [0.25, 0.3) is 0 Å². The van der Waals surface area contributed by atoms with E-state index in [1.807, 2.05) is 12.3 Å². The molecule has 1 aromatic rings. The Labute approximate surface area is 92.2 Å². The Bertz CT molecular complexity index is 359. The molecule has 0 atom stereocenters. The molecule has 0 fully saturated rings. The average molecular weight is 225 g/mol. The standard InChI is InChI=1S/C10H11NOS2/c1-13-9-4-3-8(6-11-7-12)5-10(9)14-2/h3-5H,6H2,1-2H3. The minimum atomic E-state index is 0.422. The molecule has 2 nitrogen and oxygen atoms in total. The molecule has 0 aromatic heterocycles. The maximum Gasteiger partial charge on any atom is 0.235 e. The quantitative estimate of drug-likeness (QED) is 0.448. The average Bonchev–Trinajstić information content (AvgIpc) is 2.25. The summed E-state index contributed by atoms with van der Waals surface area (Å²) in [6, 6.07) is 6.12. The van der Waals surface area contributed by atoms with Crippen LogP contribution in [-0.4, -0.2) is 18.6 Å². The number of rotatable bonds is 4. The highest BCUT2D eigenvalue weighted by atomic mass is 32.2. The van der Waals surface area contributed by atoms with E-state index >= 15 is 0 Å². The lowest BCUT2D eigenvalue weighted by atomic mass is 10.2. The number of hydrogen-bond acceptors (Lipinski definition) is 4. The van der Waals surface area contributed by atoms with Gasteiger partial charge in [0.2, 0.25) is 6.08 Å². The van der Waals surface area contributed by atoms with Crippen LogP contribution in [0, 0.1) is 0 Å². The Kier molecular flexibility index (Phi) is 4.80. The van der Waals surface area contributed by atoms with Crippen LogP contribution in [0.4, 0.5) is 0 Å². The van der Waals surface area contributed by atoms with Gasteiger partial charge < -0.3 is 0 Å². The SMILES string of the molecule is CSc1ccc(CN=C=O)cc1SC. The van der Waals surface area contributed by atoms with E-state index in [1.165, 1.54) is 9.79 Å². The molecule has 1 aromatic carbocycles. The van der Waals surface area contributed by atoms with Crippen molar-refractivity contribution in [3.8, 4) is 0 Å². The Morgan fingerprint density at radius 1 is 1.29 bits per heavy atom. The molecule has 0 unspecified atom stereocenters. The first-order chi connectivity index (χ1) is 6.81. The van der Waals surface area contributed by atoms with Gasteiger partial charge in [-0.15, -0.1) is 23.5 Å². The summed E-state index contributed by atoms with van der Waals surface area (Å²) < 4.78 is 0. The molecule has 0 aliphatic carbocycles. The summed E-state index contributed by atoms with van der Waals surface area (Å²) in [6.45, 7) is 0.422. The zero-order chi connectivity index (χ0) is 10.4. The van der Waals surface area contributed by atoms with E-state index in [2.05, 4.69) is 23.4 Å². The van der Waals surface area contributed by atoms with Crippen molar-refractivity contribution in [2.75, 3.05) is 12.5 Å². The predicted octanol–water partition coefficient (Wildman–Crippen LogP) is 2.97. The fourth-order valence-corrected chi connectivity index (χ4v) is 2.61. The van der Waals surface area contributed by atoms with Crippen LogP contribution < -0.4 is 0 Å². The molecule has 0 aliphatic rings. The third-order valence-electron chi connectivity index (χ3n) is 1.77. The van der Waals surface area contributed by atoms with Crippen molar-refractivity contribution in [1.29, 1.82) is 0 Å².